The van der Waals surface area contributed by atoms with Gasteiger partial charge in [-0.05, 0) is 36.6 Å². The van der Waals surface area contributed by atoms with E-state index >= 15 is 0 Å². The van der Waals surface area contributed by atoms with Gasteiger partial charge in [-0.2, -0.15) is 0 Å². The molecule has 0 aromatic heterocycles. The zero-order valence-electron chi connectivity index (χ0n) is 22.7. The summed E-state index contributed by atoms with van der Waals surface area (Å²) in [5.74, 6) is 0.519. The third-order valence-corrected chi connectivity index (χ3v) is 6.59. The van der Waals surface area contributed by atoms with Crippen LogP contribution in [-0.2, 0) is 9.53 Å². The van der Waals surface area contributed by atoms with E-state index in [1.54, 1.807) is 13.2 Å². The third kappa shape index (κ3) is 16.7. The molecule has 34 heavy (non-hydrogen) atoms. The van der Waals surface area contributed by atoms with Gasteiger partial charge < -0.3 is 14.0 Å². The van der Waals surface area contributed by atoms with Crippen LogP contribution in [0.25, 0.3) is 6.08 Å². The van der Waals surface area contributed by atoms with E-state index in [4.69, 9.17) is 9.47 Å². The molecule has 0 saturated carbocycles. The number of nitrogens with zero attached hydrogens (tertiary/aromatic N) is 1. The first-order valence-electron chi connectivity index (χ1n) is 13.8. The SMILES string of the molecule is CCCCCCCCCCCCCCCC[N+](C)(C)CCOC(=O)C=Cc1ccc(OC)cc1. The lowest BCUT2D eigenvalue weighted by atomic mass is 10.0. The van der Waals surface area contributed by atoms with Crippen LogP contribution in [-0.4, -0.2) is 51.4 Å². The van der Waals surface area contributed by atoms with E-state index in [1.165, 1.54) is 96.0 Å². The molecule has 0 saturated heterocycles. The quantitative estimate of drug-likeness (QED) is 0.0789. The molecule has 0 spiro atoms. The number of quaternary nitrogens is 1. The maximum atomic E-state index is 12.0. The molecule has 0 bridgehead atoms. The normalized spacial score (nSPS) is 11.8. The predicted octanol–water partition coefficient (Wildman–Crippen LogP) is 7.81. The van der Waals surface area contributed by atoms with Gasteiger partial charge in [-0.15, -0.1) is 0 Å². The van der Waals surface area contributed by atoms with Gasteiger partial charge in [-0.25, -0.2) is 4.79 Å². The molecule has 0 atom stereocenters. The summed E-state index contributed by atoms with van der Waals surface area (Å²) in [5.41, 5.74) is 0.951. The maximum absolute atomic E-state index is 12.0. The van der Waals surface area contributed by atoms with Crippen LogP contribution in [0.4, 0.5) is 0 Å². The van der Waals surface area contributed by atoms with Crippen LogP contribution in [0.1, 0.15) is 102 Å². The van der Waals surface area contributed by atoms with Gasteiger partial charge >= 0.3 is 5.97 Å². The number of carbonyl (C=O) groups is 1. The highest BCUT2D eigenvalue weighted by Crippen LogP contribution is 2.14. The zero-order chi connectivity index (χ0) is 24.9. The highest BCUT2D eigenvalue weighted by Gasteiger charge is 2.15. The molecule has 1 rings (SSSR count). The number of methoxy groups -OCH3 is 1. The predicted molar refractivity (Wildman–Crippen MR) is 145 cm³/mol. The second-order valence-corrected chi connectivity index (χ2v) is 10.3. The average molecular weight is 475 g/mol. The largest absolute Gasteiger partial charge is 0.497 e. The first-order valence-corrected chi connectivity index (χ1v) is 13.8. The number of esters is 1. The summed E-state index contributed by atoms with van der Waals surface area (Å²) in [7, 11) is 6.09. The first-order chi connectivity index (χ1) is 16.5. The third-order valence-electron chi connectivity index (χ3n) is 6.59. The molecule has 1 aromatic carbocycles. The summed E-state index contributed by atoms with van der Waals surface area (Å²) in [5, 5.41) is 0. The van der Waals surface area contributed by atoms with E-state index in [2.05, 4.69) is 21.0 Å². The van der Waals surface area contributed by atoms with Gasteiger partial charge in [-0.1, -0.05) is 96.1 Å². The number of likely N-dealkylation sites (N-methyl/N-ethyl adjacent to an activating group) is 1. The Morgan fingerprint density at radius 1 is 0.765 bits per heavy atom. The first kappa shape index (κ1) is 30.2. The van der Waals surface area contributed by atoms with Crippen molar-refractivity contribution in [3.05, 3.63) is 35.9 Å². The number of carbonyl (C=O) groups excluding carboxylic acids is 1. The second kappa shape index (κ2) is 19.5. The summed E-state index contributed by atoms with van der Waals surface area (Å²) in [6, 6.07) is 7.59. The van der Waals surface area contributed by atoms with E-state index in [0.29, 0.717) is 6.61 Å². The van der Waals surface area contributed by atoms with Gasteiger partial charge in [0.25, 0.3) is 0 Å². The number of rotatable bonds is 21. The van der Waals surface area contributed by atoms with E-state index in [0.717, 1.165) is 28.9 Å². The lowest BCUT2D eigenvalue weighted by Crippen LogP contribution is -2.43. The molecule has 0 radical (unpaired) electrons. The molecule has 0 aliphatic rings. The van der Waals surface area contributed by atoms with Gasteiger partial charge in [0.15, 0.2) is 0 Å². The molecule has 1 aromatic rings. The van der Waals surface area contributed by atoms with Gasteiger partial charge in [0.05, 0.1) is 27.7 Å². The second-order valence-electron chi connectivity index (χ2n) is 10.3. The Bertz CT molecular complexity index is 652. The molecule has 0 fully saturated rings. The molecule has 0 aliphatic carbocycles. The standard InChI is InChI=1S/C30H52NO3/c1-5-6-7-8-9-10-11-12-13-14-15-16-17-18-25-31(2,3)26-27-34-30(32)24-21-28-19-22-29(33-4)23-20-28/h19-24H,5-18,25-27H2,1-4H3/q+1. The van der Waals surface area contributed by atoms with Crippen molar-refractivity contribution in [1.29, 1.82) is 0 Å². The Labute approximate surface area is 210 Å². The Morgan fingerprint density at radius 3 is 1.76 bits per heavy atom. The van der Waals surface area contributed by atoms with Crippen molar-refractivity contribution in [3.63, 3.8) is 0 Å². The number of hydrogen-bond donors (Lipinski definition) is 0. The highest BCUT2D eigenvalue weighted by molar-refractivity contribution is 5.87. The number of ether oxygens (including phenoxy) is 2. The Kier molecular flexibility index (Phi) is 17.3. The molecular weight excluding hydrogens is 422 g/mol. The van der Waals surface area contributed by atoms with Crippen LogP contribution >= 0.6 is 0 Å². The average Bonchev–Trinajstić information content (AvgIpc) is 2.83. The molecular formula is C30H52NO3+. The Hall–Kier alpha value is -1.81. The molecule has 0 N–H and O–H groups in total. The minimum Gasteiger partial charge on any atom is -0.497 e. The number of unbranched alkanes of at least 4 members (excludes halogenated alkanes) is 13. The monoisotopic (exact) mass is 474 g/mol. The van der Waals surface area contributed by atoms with Crippen LogP contribution in [0.15, 0.2) is 30.3 Å². The lowest BCUT2D eigenvalue weighted by molar-refractivity contribution is -0.890. The molecule has 0 unspecified atom stereocenters. The minimum absolute atomic E-state index is 0.285. The van der Waals surface area contributed by atoms with Crippen LogP contribution in [0.2, 0.25) is 0 Å². The van der Waals surface area contributed by atoms with Crippen molar-refractivity contribution in [2.45, 2.75) is 96.8 Å². The summed E-state index contributed by atoms with van der Waals surface area (Å²) in [4.78, 5) is 12.0. The summed E-state index contributed by atoms with van der Waals surface area (Å²) in [6.07, 6.45) is 22.7. The Balaban J connectivity index is 1.98. The van der Waals surface area contributed by atoms with Gasteiger partial charge in [0.1, 0.15) is 18.9 Å². The van der Waals surface area contributed by atoms with E-state index in [1.807, 2.05) is 24.3 Å². The highest BCUT2D eigenvalue weighted by atomic mass is 16.5. The maximum Gasteiger partial charge on any atom is 0.330 e. The van der Waals surface area contributed by atoms with E-state index in [9.17, 15) is 4.79 Å². The summed E-state index contributed by atoms with van der Waals surface area (Å²) in [6.45, 7) is 4.72. The van der Waals surface area contributed by atoms with Crippen molar-refractivity contribution >= 4 is 12.0 Å². The Morgan fingerprint density at radius 2 is 1.26 bits per heavy atom. The fourth-order valence-corrected chi connectivity index (χ4v) is 4.17. The number of hydrogen-bond acceptors (Lipinski definition) is 3. The van der Waals surface area contributed by atoms with E-state index < -0.39 is 0 Å². The van der Waals surface area contributed by atoms with Crippen molar-refractivity contribution in [2.24, 2.45) is 0 Å². The molecule has 194 valence electrons. The van der Waals surface area contributed by atoms with Gasteiger partial charge in [-0.3, -0.25) is 0 Å². The van der Waals surface area contributed by atoms with Gasteiger partial charge in [0, 0.05) is 6.08 Å². The number of benzene rings is 1. The van der Waals surface area contributed by atoms with Crippen LogP contribution in [0.5, 0.6) is 5.75 Å². The minimum atomic E-state index is -0.285. The zero-order valence-corrected chi connectivity index (χ0v) is 22.7. The molecule has 0 aliphatic heterocycles. The molecule has 4 nitrogen and oxygen atoms in total. The fraction of sp³-hybridized carbons (Fsp3) is 0.700. The van der Waals surface area contributed by atoms with Crippen molar-refractivity contribution in [2.75, 3.05) is 40.9 Å². The molecule has 4 heteroatoms. The smallest absolute Gasteiger partial charge is 0.330 e. The van der Waals surface area contributed by atoms with Crippen LogP contribution in [0.3, 0.4) is 0 Å². The molecule has 0 amide bonds. The van der Waals surface area contributed by atoms with Gasteiger partial charge in [0.2, 0.25) is 0 Å². The van der Waals surface area contributed by atoms with Crippen molar-refractivity contribution in [3.8, 4) is 5.75 Å². The van der Waals surface area contributed by atoms with Crippen molar-refractivity contribution < 1.29 is 18.8 Å². The summed E-state index contributed by atoms with van der Waals surface area (Å²) >= 11 is 0. The lowest BCUT2D eigenvalue weighted by Gasteiger charge is -2.29. The van der Waals surface area contributed by atoms with Crippen LogP contribution < -0.4 is 4.74 Å². The van der Waals surface area contributed by atoms with Crippen molar-refractivity contribution in [1.82, 2.24) is 0 Å². The molecule has 0 heterocycles. The fourth-order valence-electron chi connectivity index (χ4n) is 4.17. The van der Waals surface area contributed by atoms with Crippen LogP contribution in [0, 0.1) is 0 Å². The summed E-state index contributed by atoms with van der Waals surface area (Å²) < 4.78 is 11.4. The van der Waals surface area contributed by atoms with E-state index in [-0.39, 0.29) is 5.97 Å². The topological polar surface area (TPSA) is 35.5 Å².